The van der Waals surface area contributed by atoms with E-state index in [1.54, 1.807) is 0 Å². The number of aryl methyl sites for hydroxylation is 1. The lowest BCUT2D eigenvalue weighted by atomic mass is 10.2. The Morgan fingerprint density at radius 2 is 2.11 bits per heavy atom. The molecule has 146 valence electrons. The number of nitrogens with one attached hydrogen (secondary N) is 1. The van der Waals surface area contributed by atoms with Crippen LogP contribution in [0.2, 0.25) is 0 Å². The average molecular weight is 419 g/mol. The number of carbonyl (C=O) groups is 1. The number of ether oxygens (including phenoxy) is 2. The van der Waals surface area contributed by atoms with Gasteiger partial charge in [0.05, 0.1) is 5.25 Å². The van der Waals surface area contributed by atoms with Crippen LogP contribution in [0.25, 0.3) is 11.4 Å². The third-order valence-electron chi connectivity index (χ3n) is 4.07. The summed E-state index contributed by atoms with van der Waals surface area (Å²) in [7, 11) is 0. The minimum absolute atomic E-state index is 0.156. The van der Waals surface area contributed by atoms with E-state index in [9.17, 15) is 4.79 Å². The number of thioether (sulfide) groups is 1. The van der Waals surface area contributed by atoms with Crippen LogP contribution in [0.1, 0.15) is 18.9 Å². The molecular formula is C17H18N6O3S2. The summed E-state index contributed by atoms with van der Waals surface area (Å²) in [5.41, 5.74) is 0.881. The molecule has 3 aromatic rings. The molecule has 3 heterocycles. The number of hydrogen-bond donors (Lipinski definition) is 1. The molecule has 0 bridgehead atoms. The van der Waals surface area contributed by atoms with Gasteiger partial charge in [-0.3, -0.25) is 10.1 Å². The second-order valence-corrected chi connectivity index (χ2v) is 8.48. The van der Waals surface area contributed by atoms with Crippen LogP contribution in [-0.2, 0) is 11.3 Å². The van der Waals surface area contributed by atoms with Gasteiger partial charge in [0.15, 0.2) is 22.5 Å². The predicted molar refractivity (Wildman–Crippen MR) is 106 cm³/mol. The van der Waals surface area contributed by atoms with Gasteiger partial charge in [0.1, 0.15) is 5.01 Å². The summed E-state index contributed by atoms with van der Waals surface area (Å²) in [4.78, 5) is 12.4. The molecule has 0 fully saturated rings. The van der Waals surface area contributed by atoms with Crippen LogP contribution >= 0.6 is 23.1 Å². The maximum absolute atomic E-state index is 12.4. The van der Waals surface area contributed by atoms with E-state index in [0.717, 1.165) is 22.1 Å². The van der Waals surface area contributed by atoms with Crippen LogP contribution in [-0.4, -0.2) is 42.9 Å². The van der Waals surface area contributed by atoms with Crippen LogP contribution in [0.15, 0.2) is 23.4 Å². The minimum atomic E-state index is -0.372. The molecule has 9 nitrogen and oxygen atoms in total. The number of rotatable bonds is 6. The van der Waals surface area contributed by atoms with Gasteiger partial charge in [0.25, 0.3) is 0 Å². The number of amides is 1. The molecule has 0 radical (unpaired) electrons. The third-order valence-corrected chi connectivity index (χ3v) is 5.91. The molecule has 1 atom stereocenters. The quantitative estimate of drug-likeness (QED) is 0.609. The first-order valence-corrected chi connectivity index (χ1v) is 10.4. The first-order chi connectivity index (χ1) is 13.5. The maximum Gasteiger partial charge on any atom is 0.239 e. The van der Waals surface area contributed by atoms with Gasteiger partial charge in [-0.1, -0.05) is 23.1 Å². The molecule has 0 saturated carbocycles. The normalized spacial score (nSPS) is 13.5. The Morgan fingerprint density at radius 1 is 1.29 bits per heavy atom. The summed E-state index contributed by atoms with van der Waals surface area (Å²) in [6.45, 7) is 6.57. The third kappa shape index (κ3) is 3.67. The van der Waals surface area contributed by atoms with E-state index in [4.69, 9.17) is 9.47 Å². The summed E-state index contributed by atoms with van der Waals surface area (Å²) in [6, 6.07) is 5.67. The Bertz CT molecular complexity index is 1020. The number of anilines is 1. The first kappa shape index (κ1) is 18.7. The summed E-state index contributed by atoms with van der Waals surface area (Å²) >= 11 is 2.69. The van der Waals surface area contributed by atoms with Crippen LogP contribution in [0.3, 0.4) is 0 Å². The van der Waals surface area contributed by atoms with E-state index >= 15 is 0 Å². The fourth-order valence-electron chi connectivity index (χ4n) is 2.68. The van der Waals surface area contributed by atoms with Crippen molar-refractivity contribution in [3.63, 3.8) is 0 Å². The summed E-state index contributed by atoms with van der Waals surface area (Å²) < 4.78 is 12.8. The highest BCUT2D eigenvalue weighted by atomic mass is 32.2. The van der Waals surface area contributed by atoms with Gasteiger partial charge >= 0.3 is 0 Å². The van der Waals surface area contributed by atoms with Crippen molar-refractivity contribution >= 4 is 34.1 Å². The van der Waals surface area contributed by atoms with E-state index in [1.807, 2.05) is 43.5 Å². The molecule has 1 aliphatic rings. The van der Waals surface area contributed by atoms with E-state index in [1.165, 1.54) is 23.1 Å². The smallest absolute Gasteiger partial charge is 0.239 e. The van der Waals surface area contributed by atoms with Crippen molar-refractivity contribution in [1.82, 2.24) is 25.0 Å². The number of fused-ring (bicyclic) bond motifs is 1. The van der Waals surface area contributed by atoms with Crippen molar-refractivity contribution in [2.24, 2.45) is 0 Å². The Kier molecular flexibility index (Phi) is 5.18. The molecule has 1 N–H and O–H groups in total. The zero-order valence-corrected chi connectivity index (χ0v) is 17.1. The van der Waals surface area contributed by atoms with Gasteiger partial charge in [0.2, 0.25) is 17.8 Å². The molecule has 0 saturated heterocycles. The van der Waals surface area contributed by atoms with Gasteiger partial charge in [-0.05, 0) is 39.0 Å². The standard InChI is InChI=1S/C17H18N6O3S2/c1-4-23-14(11-5-6-12-13(7-11)26-8-25-12)20-22-17(23)27-9(2)15(24)18-16-21-19-10(3)28-16/h5-7,9H,4,8H2,1-3H3,(H,18,21,24)/t9-/m1/s1. The topological polar surface area (TPSA) is 104 Å². The highest BCUT2D eigenvalue weighted by Crippen LogP contribution is 2.36. The Hall–Kier alpha value is -2.66. The average Bonchev–Trinajstić information content (AvgIpc) is 3.40. The van der Waals surface area contributed by atoms with Gasteiger partial charge in [0, 0.05) is 12.1 Å². The Balaban J connectivity index is 1.51. The molecule has 1 amide bonds. The second kappa shape index (κ2) is 7.76. The van der Waals surface area contributed by atoms with Crippen LogP contribution < -0.4 is 14.8 Å². The number of aromatic nitrogens is 5. The Morgan fingerprint density at radius 3 is 2.86 bits per heavy atom. The highest BCUT2D eigenvalue weighted by Gasteiger charge is 2.22. The number of carbonyl (C=O) groups excluding carboxylic acids is 1. The molecule has 0 unspecified atom stereocenters. The van der Waals surface area contributed by atoms with Crippen molar-refractivity contribution in [2.45, 2.75) is 37.7 Å². The molecule has 4 rings (SSSR count). The monoisotopic (exact) mass is 418 g/mol. The lowest BCUT2D eigenvalue weighted by molar-refractivity contribution is -0.115. The predicted octanol–water partition coefficient (Wildman–Crippen LogP) is 2.97. The molecule has 11 heteroatoms. The molecule has 1 aromatic carbocycles. The zero-order valence-electron chi connectivity index (χ0n) is 15.5. The minimum Gasteiger partial charge on any atom is -0.454 e. The molecule has 0 spiro atoms. The first-order valence-electron chi connectivity index (χ1n) is 8.66. The van der Waals surface area contributed by atoms with Crippen molar-refractivity contribution in [3.05, 3.63) is 23.2 Å². The lowest BCUT2D eigenvalue weighted by Gasteiger charge is -2.11. The van der Waals surface area contributed by atoms with Crippen molar-refractivity contribution in [3.8, 4) is 22.9 Å². The summed E-state index contributed by atoms with van der Waals surface area (Å²) in [5.74, 6) is 1.97. The summed E-state index contributed by atoms with van der Waals surface area (Å²) in [6.07, 6.45) is 0. The Labute approximate surface area is 169 Å². The van der Waals surface area contributed by atoms with Crippen molar-refractivity contribution in [1.29, 1.82) is 0 Å². The van der Waals surface area contributed by atoms with Gasteiger partial charge < -0.3 is 14.0 Å². The van der Waals surface area contributed by atoms with Crippen molar-refractivity contribution in [2.75, 3.05) is 12.1 Å². The van der Waals surface area contributed by atoms with E-state index < -0.39 is 0 Å². The molecular weight excluding hydrogens is 400 g/mol. The number of nitrogens with zero attached hydrogens (tertiary/aromatic N) is 5. The highest BCUT2D eigenvalue weighted by molar-refractivity contribution is 8.00. The van der Waals surface area contributed by atoms with E-state index in [0.29, 0.717) is 22.6 Å². The number of hydrogen-bond acceptors (Lipinski definition) is 9. The lowest BCUT2D eigenvalue weighted by Crippen LogP contribution is -2.22. The van der Waals surface area contributed by atoms with Gasteiger partial charge in [-0.15, -0.1) is 20.4 Å². The molecule has 2 aromatic heterocycles. The van der Waals surface area contributed by atoms with Gasteiger partial charge in [-0.2, -0.15) is 0 Å². The van der Waals surface area contributed by atoms with E-state index in [2.05, 4.69) is 25.7 Å². The molecule has 0 aliphatic carbocycles. The summed E-state index contributed by atoms with van der Waals surface area (Å²) in [5, 5.41) is 20.8. The largest absolute Gasteiger partial charge is 0.454 e. The fraction of sp³-hybridized carbons (Fsp3) is 0.353. The van der Waals surface area contributed by atoms with Crippen LogP contribution in [0.5, 0.6) is 11.5 Å². The van der Waals surface area contributed by atoms with E-state index in [-0.39, 0.29) is 18.0 Å². The SMILES string of the molecule is CCn1c(S[C@H](C)C(=O)Nc2nnc(C)s2)nnc1-c1ccc2c(c1)OCO2. The van der Waals surface area contributed by atoms with Gasteiger partial charge in [-0.25, -0.2) is 0 Å². The second-order valence-electron chi connectivity index (χ2n) is 5.99. The fourth-order valence-corrected chi connectivity index (χ4v) is 4.18. The zero-order chi connectivity index (χ0) is 19.7. The van der Waals surface area contributed by atoms with Crippen molar-refractivity contribution < 1.29 is 14.3 Å². The molecule has 1 aliphatic heterocycles. The molecule has 28 heavy (non-hydrogen) atoms. The van der Waals surface area contributed by atoms with Crippen LogP contribution in [0, 0.1) is 6.92 Å². The maximum atomic E-state index is 12.4. The number of benzene rings is 1. The van der Waals surface area contributed by atoms with Crippen LogP contribution in [0.4, 0.5) is 5.13 Å².